The number of carbonyl (C=O) groups is 2. The van der Waals surface area contributed by atoms with E-state index in [0.29, 0.717) is 6.54 Å². The zero-order valence-electron chi connectivity index (χ0n) is 10.5. The molecule has 1 spiro atoms. The fourth-order valence-corrected chi connectivity index (χ4v) is 3.39. The van der Waals surface area contributed by atoms with Crippen LogP contribution in [-0.2, 0) is 14.3 Å². The van der Waals surface area contributed by atoms with Crippen LogP contribution in [0.2, 0.25) is 0 Å². The van der Waals surface area contributed by atoms with Gasteiger partial charge in [0.25, 0.3) is 0 Å². The van der Waals surface area contributed by atoms with Crippen molar-refractivity contribution < 1.29 is 19.4 Å². The van der Waals surface area contributed by atoms with E-state index in [0.717, 1.165) is 6.42 Å². The fourth-order valence-electron chi connectivity index (χ4n) is 3.39. The van der Waals surface area contributed by atoms with Crippen LogP contribution in [-0.4, -0.2) is 41.1 Å². The molecule has 5 nitrogen and oxygen atoms in total. The number of fused-ring (bicyclic) bond motifs is 1. The summed E-state index contributed by atoms with van der Waals surface area (Å²) in [5.41, 5.74) is -0.726. The average molecular weight is 250 g/mol. The fraction of sp³-hybridized carbons (Fsp3) is 0.692. The van der Waals surface area contributed by atoms with Crippen molar-refractivity contribution in [1.29, 1.82) is 0 Å². The standard InChI is InChI=1S/C13H17NO4/c1-3-7(2)14-6-13-5-4-8(18-13)9(12(16)17)10(13)11(14)15/h4-5,7-10H,3,6H2,1-2H3,(H,16,17)/p-1/t7-,8+,9+,10-,13+/m0/s1. The summed E-state index contributed by atoms with van der Waals surface area (Å²) in [5, 5.41) is 11.2. The van der Waals surface area contributed by atoms with Gasteiger partial charge in [-0.3, -0.25) is 4.79 Å². The second-order valence-corrected chi connectivity index (χ2v) is 5.44. The first-order valence-corrected chi connectivity index (χ1v) is 6.38. The largest absolute Gasteiger partial charge is 0.550 e. The number of carboxylic acid groups (broad SMARTS) is 1. The highest BCUT2D eigenvalue weighted by Gasteiger charge is 2.65. The summed E-state index contributed by atoms with van der Waals surface area (Å²) >= 11 is 0. The lowest BCUT2D eigenvalue weighted by molar-refractivity contribution is -0.313. The minimum atomic E-state index is -1.18. The van der Waals surface area contributed by atoms with Gasteiger partial charge in [-0.25, -0.2) is 0 Å². The van der Waals surface area contributed by atoms with Crippen molar-refractivity contribution in [2.75, 3.05) is 6.54 Å². The molecule has 3 aliphatic heterocycles. The van der Waals surface area contributed by atoms with Crippen molar-refractivity contribution in [3.63, 3.8) is 0 Å². The normalized spacial score (nSPS) is 42.4. The zero-order chi connectivity index (χ0) is 13.1. The van der Waals surface area contributed by atoms with Gasteiger partial charge < -0.3 is 19.5 Å². The van der Waals surface area contributed by atoms with Gasteiger partial charge in [-0.15, -0.1) is 0 Å². The Labute approximate surface area is 105 Å². The Hall–Kier alpha value is -1.36. The van der Waals surface area contributed by atoms with Crippen LogP contribution < -0.4 is 5.11 Å². The Morgan fingerprint density at radius 2 is 2.44 bits per heavy atom. The molecule has 5 heteroatoms. The summed E-state index contributed by atoms with van der Waals surface area (Å²) in [6.07, 6.45) is 3.97. The smallest absolute Gasteiger partial charge is 0.230 e. The Morgan fingerprint density at radius 3 is 3.06 bits per heavy atom. The molecule has 0 aliphatic carbocycles. The molecule has 0 saturated carbocycles. The monoisotopic (exact) mass is 250 g/mol. The number of ether oxygens (including phenoxy) is 1. The van der Waals surface area contributed by atoms with E-state index in [1.54, 1.807) is 11.0 Å². The van der Waals surface area contributed by atoms with Gasteiger partial charge in [0.1, 0.15) is 5.60 Å². The van der Waals surface area contributed by atoms with E-state index in [2.05, 4.69) is 0 Å². The van der Waals surface area contributed by atoms with Gasteiger partial charge in [-0.2, -0.15) is 0 Å². The molecule has 0 aromatic carbocycles. The predicted molar refractivity (Wildman–Crippen MR) is 60.2 cm³/mol. The molecule has 0 N–H and O–H groups in total. The lowest BCUT2D eigenvalue weighted by atomic mass is 9.77. The summed E-state index contributed by atoms with van der Waals surface area (Å²) in [5.74, 6) is -2.73. The quantitative estimate of drug-likeness (QED) is 0.622. The van der Waals surface area contributed by atoms with Gasteiger partial charge in [-0.1, -0.05) is 19.1 Å². The number of rotatable bonds is 3. The molecule has 18 heavy (non-hydrogen) atoms. The maximum atomic E-state index is 12.4. The van der Waals surface area contributed by atoms with Crippen LogP contribution in [0.15, 0.2) is 12.2 Å². The van der Waals surface area contributed by atoms with Gasteiger partial charge in [0.2, 0.25) is 5.91 Å². The van der Waals surface area contributed by atoms with Crippen molar-refractivity contribution in [3.8, 4) is 0 Å². The van der Waals surface area contributed by atoms with Crippen molar-refractivity contribution in [2.45, 2.75) is 38.0 Å². The van der Waals surface area contributed by atoms with Gasteiger partial charge in [0.15, 0.2) is 0 Å². The average Bonchev–Trinajstić information content (AvgIpc) is 2.96. The molecule has 0 radical (unpaired) electrons. The van der Waals surface area contributed by atoms with Crippen LogP contribution in [0.25, 0.3) is 0 Å². The van der Waals surface area contributed by atoms with E-state index in [1.807, 2.05) is 19.9 Å². The van der Waals surface area contributed by atoms with E-state index in [-0.39, 0.29) is 11.9 Å². The Bertz CT molecular complexity index is 446. The van der Waals surface area contributed by atoms with Crippen LogP contribution in [0, 0.1) is 11.8 Å². The third-order valence-corrected chi connectivity index (χ3v) is 4.52. The van der Waals surface area contributed by atoms with Gasteiger partial charge in [0, 0.05) is 17.9 Å². The number of carboxylic acids is 1. The van der Waals surface area contributed by atoms with Crippen molar-refractivity contribution in [1.82, 2.24) is 4.90 Å². The molecule has 1 amide bonds. The molecule has 2 saturated heterocycles. The van der Waals surface area contributed by atoms with E-state index in [9.17, 15) is 14.7 Å². The highest BCUT2D eigenvalue weighted by Crippen LogP contribution is 2.52. The second kappa shape index (κ2) is 3.57. The van der Waals surface area contributed by atoms with Crippen LogP contribution in [0.5, 0.6) is 0 Å². The summed E-state index contributed by atoms with van der Waals surface area (Å²) in [7, 11) is 0. The predicted octanol–water partition coefficient (Wildman–Crippen LogP) is -0.683. The Kier molecular flexibility index (Phi) is 2.32. The van der Waals surface area contributed by atoms with Crippen molar-refractivity contribution in [2.24, 2.45) is 11.8 Å². The highest BCUT2D eigenvalue weighted by molar-refractivity contribution is 5.90. The topological polar surface area (TPSA) is 69.7 Å². The summed E-state index contributed by atoms with van der Waals surface area (Å²) in [4.78, 5) is 25.4. The van der Waals surface area contributed by atoms with Crippen LogP contribution in [0.1, 0.15) is 20.3 Å². The number of aliphatic carboxylic acids is 1. The van der Waals surface area contributed by atoms with Crippen LogP contribution in [0.4, 0.5) is 0 Å². The molecular formula is C13H16NO4-. The minimum Gasteiger partial charge on any atom is -0.550 e. The summed E-state index contributed by atoms with van der Waals surface area (Å²) in [6, 6.07) is 0.107. The van der Waals surface area contributed by atoms with E-state index >= 15 is 0 Å². The molecule has 0 aromatic heterocycles. The maximum absolute atomic E-state index is 12.4. The molecule has 0 unspecified atom stereocenters. The molecule has 3 aliphatic rings. The number of hydrogen-bond acceptors (Lipinski definition) is 4. The van der Waals surface area contributed by atoms with E-state index < -0.39 is 29.5 Å². The van der Waals surface area contributed by atoms with Crippen LogP contribution >= 0.6 is 0 Å². The first-order chi connectivity index (χ1) is 8.50. The number of hydrogen-bond donors (Lipinski definition) is 0. The number of likely N-dealkylation sites (tertiary alicyclic amines) is 1. The summed E-state index contributed by atoms with van der Waals surface area (Å²) < 4.78 is 5.76. The highest BCUT2D eigenvalue weighted by atomic mass is 16.5. The zero-order valence-corrected chi connectivity index (χ0v) is 10.5. The van der Waals surface area contributed by atoms with Gasteiger partial charge in [-0.05, 0) is 13.3 Å². The first kappa shape index (κ1) is 11.7. The number of carbonyl (C=O) groups excluding carboxylic acids is 2. The third kappa shape index (κ3) is 1.25. The van der Waals surface area contributed by atoms with Crippen molar-refractivity contribution in [3.05, 3.63) is 12.2 Å². The molecule has 2 bridgehead atoms. The Balaban J connectivity index is 1.97. The number of amides is 1. The molecule has 5 atom stereocenters. The van der Waals surface area contributed by atoms with Gasteiger partial charge in [0.05, 0.1) is 18.6 Å². The molecule has 3 rings (SSSR count). The third-order valence-electron chi connectivity index (χ3n) is 4.52. The lowest BCUT2D eigenvalue weighted by Gasteiger charge is -2.26. The van der Waals surface area contributed by atoms with Crippen molar-refractivity contribution >= 4 is 11.9 Å². The van der Waals surface area contributed by atoms with E-state index in [4.69, 9.17) is 4.74 Å². The molecule has 2 fully saturated rings. The molecule has 98 valence electrons. The van der Waals surface area contributed by atoms with E-state index in [1.165, 1.54) is 0 Å². The Morgan fingerprint density at radius 1 is 1.72 bits per heavy atom. The SMILES string of the molecule is CC[C@H](C)N1C[C@@]23C=C[C@@H](O2)[C@@H](C(=O)[O-])[C@H]3C1=O. The molecular weight excluding hydrogens is 234 g/mol. The first-order valence-electron chi connectivity index (χ1n) is 6.38. The second-order valence-electron chi connectivity index (χ2n) is 5.44. The maximum Gasteiger partial charge on any atom is 0.230 e. The molecule has 0 aromatic rings. The van der Waals surface area contributed by atoms with Crippen LogP contribution in [0.3, 0.4) is 0 Å². The minimum absolute atomic E-state index is 0.106. The molecule has 3 heterocycles. The lowest BCUT2D eigenvalue weighted by Crippen LogP contribution is -2.45. The summed E-state index contributed by atoms with van der Waals surface area (Å²) in [6.45, 7) is 4.44. The number of nitrogens with zero attached hydrogens (tertiary/aromatic N) is 1. The van der Waals surface area contributed by atoms with Gasteiger partial charge >= 0.3 is 0 Å².